The number of aliphatic imine (C=N–C) groups is 1. The number of Topliss-reactive ketones (excluding diaryl/α,β-unsaturated/α-hetero) is 1. The molecule has 0 aromatic rings. The first-order valence-corrected chi connectivity index (χ1v) is 5.35. The SMILES string of the molecule is O=C(O)C[C@H](N=CC1=C(O)CCCC1=O)C(=O)O. The number of carbonyl (C=O) groups excluding carboxylic acids is 1. The summed E-state index contributed by atoms with van der Waals surface area (Å²) in [5, 5.41) is 26.7. The lowest BCUT2D eigenvalue weighted by Crippen LogP contribution is -2.22. The number of carboxylic acids is 2. The van der Waals surface area contributed by atoms with E-state index in [4.69, 9.17) is 10.2 Å². The van der Waals surface area contributed by atoms with Gasteiger partial charge in [0.15, 0.2) is 11.8 Å². The van der Waals surface area contributed by atoms with Gasteiger partial charge in [-0.15, -0.1) is 0 Å². The molecule has 0 saturated carbocycles. The molecule has 0 saturated heterocycles. The number of hydrogen-bond acceptors (Lipinski definition) is 5. The highest BCUT2D eigenvalue weighted by atomic mass is 16.4. The minimum absolute atomic E-state index is 0.0297. The van der Waals surface area contributed by atoms with E-state index >= 15 is 0 Å². The molecule has 18 heavy (non-hydrogen) atoms. The van der Waals surface area contributed by atoms with Crippen LogP contribution in [0.3, 0.4) is 0 Å². The van der Waals surface area contributed by atoms with Gasteiger partial charge in [0.1, 0.15) is 5.76 Å². The molecule has 0 fully saturated rings. The quantitative estimate of drug-likeness (QED) is 0.616. The summed E-state index contributed by atoms with van der Waals surface area (Å²) in [4.78, 5) is 36.1. The Hall–Kier alpha value is -2.18. The number of carboxylic acid groups (broad SMARTS) is 2. The van der Waals surface area contributed by atoms with Gasteiger partial charge in [0, 0.05) is 19.1 Å². The van der Waals surface area contributed by atoms with Gasteiger partial charge in [-0.1, -0.05) is 0 Å². The van der Waals surface area contributed by atoms with Crippen molar-refractivity contribution in [1.82, 2.24) is 0 Å². The number of hydrogen-bond donors (Lipinski definition) is 3. The number of aliphatic hydroxyl groups is 1. The summed E-state index contributed by atoms with van der Waals surface area (Å²) in [5.74, 6) is -3.14. The molecule has 0 amide bonds. The van der Waals surface area contributed by atoms with Crippen LogP contribution in [0.5, 0.6) is 0 Å². The van der Waals surface area contributed by atoms with Crippen LogP contribution in [-0.4, -0.2) is 45.3 Å². The lowest BCUT2D eigenvalue weighted by Gasteiger charge is -2.12. The second-order valence-corrected chi connectivity index (χ2v) is 3.87. The van der Waals surface area contributed by atoms with Gasteiger partial charge in [0.2, 0.25) is 0 Å². The van der Waals surface area contributed by atoms with Gasteiger partial charge in [-0.2, -0.15) is 0 Å². The molecule has 1 aliphatic rings. The van der Waals surface area contributed by atoms with Gasteiger partial charge >= 0.3 is 11.9 Å². The Morgan fingerprint density at radius 2 is 2.00 bits per heavy atom. The number of aliphatic hydroxyl groups excluding tert-OH is 1. The molecule has 0 aliphatic heterocycles. The van der Waals surface area contributed by atoms with Gasteiger partial charge in [0.05, 0.1) is 12.0 Å². The Balaban J connectivity index is 2.85. The van der Waals surface area contributed by atoms with E-state index in [2.05, 4.69) is 4.99 Å². The Morgan fingerprint density at radius 3 is 2.50 bits per heavy atom. The van der Waals surface area contributed by atoms with Crippen molar-refractivity contribution in [2.24, 2.45) is 4.99 Å². The fraction of sp³-hybridized carbons (Fsp3) is 0.455. The molecule has 0 aromatic heterocycles. The van der Waals surface area contributed by atoms with E-state index in [9.17, 15) is 19.5 Å². The second kappa shape index (κ2) is 5.95. The maximum absolute atomic E-state index is 11.4. The average molecular weight is 255 g/mol. The summed E-state index contributed by atoms with van der Waals surface area (Å²) in [7, 11) is 0. The van der Waals surface area contributed by atoms with Gasteiger partial charge in [0.25, 0.3) is 0 Å². The van der Waals surface area contributed by atoms with Crippen LogP contribution in [0.25, 0.3) is 0 Å². The molecular formula is C11H13NO6. The molecule has 1 rings (SSSR count). The van der Waals surface area contributed by atoms with Crippen LogP contribution >= 0.6 is 0 Å². The lowest BCUT2D eigenvalue weighted by molar-refractivity contribution is -0.144. The molecule has 7 heteroatoms. The number of aliphatic carboxylic acids is 2. The van der Waals surface area contributed by atoms with Crippen molar-refractivity contribution >= 4 is 23.9 Å². The molecule has 0 spiro atoms. The van der Waals surface area contributed by atoms with Crippen LogP contribution in [-0.2, 0) is 14.4 Å². The standard InChI is InChI=1S/C11H13NO6/c13-8-2-1-3-9(14)6(8)5-12-7(11(17)18)4-10(15)16/h5,7,13H,1-4H2,(H,15,16)(H,17,18)/t7-/m0/s1. The summed E-state index contributed by atoms with van der Waals surface area (Å²) >= 11 is 0. The molecule has 3 N–H and O–H groups in total. The average Bonchev–Trinajstić information content (AvgIpc) is 2.26. The summed E-state index contributed by atoms with van der Waals surface area (Å²) in [6, 6.07) is -1.46. The number of allylic oxidation sites excluding steroid dienone is 2. The largest absolute Gasteiger partial charge is 0.512 e. The first-order chi connectivity index (χ1) is 8.41. The third kappa shape index (κ3) is 3.69. The number of ketones is 1. The molecule has 1 aliphatic carbocycles. The van der Waals surface area contributed by atoms with Crippen molar-refractivity contribution in [3.8, 4) is 0 Å². The van der Waals surface area contributed by atoms with Crippen molar-refractivity contribution in [1.29, 1.82) is 0 Å². The topological polar surface area (TPSA) is 124 Å². The van der Waals surface area contributed by atoms with E-state index in [1.807, 2.05) is 0 Å². The maximum atomic E-state index is 11.4. The smallest absolute Gasteiger partial charge is 0.329 e. The van der Waals surface area contributed by atoms with Gasteiger partial charge in [-0.25, -0.2) is 4.79 Å². The van der Waals surface area contributed by atoms with E-state index < -0.39 is 24.4 Å². The van der Waals surface area contributed by atoms with Crippen molar-refractivity contribution in [2.45, 2.75) is 31.7 Å². The zero-order valence-corrected chi connectivity index (χ0v) is 9.50. The molecular weight excluding hydrogens is 242 g/mol. The molecule has 0 heterocycles. The van der Waals surface area contributed by atoms with Crippen LogP contribution in [0.2, 0.25) is 0 Å². The van der Waals surface area contributed by atoms with E-state index in [0.717, 1.165) is 6.21 Å². The van der Waals surface area contributed by atoms with Gasteiger partial charge in [-0.05, 0) is 6.42 Å². The third-order valence-corrected chi connectivity index (χ3v) is 2.47. The zero-order chi connectivity index (χ0) is 13.7. The minimum Gasteiger partial charge on any atom is -0.512 e. The van der Waals surface area contributed by atoms with Crippen molar-refractivity contribution in [2.75, 3.05) is 0 Å². The normalized spacial score (nSPS) is 18.1. The molecule has 7 nitrogen and oxygen atoms in total. The van der Waals surface area contributed by atoms with Crippen LogP contribution in [0.4, 0.5) is 0 Å². The molecule has 98 valence electrons. The Bertz CT molecular complexity index is 437. The highest BCUT2D eigenvalue weighted by Crippen LogP contribution is 2.18. The number of carbonyl (C=O) groups is 3. The first kappa shape index (κ1) is 13.9. The molecule has 1 atom stereocenters. The highest BCUT2D eigenvalue weighted by molar-refractivity contribution is 6.14. The molecule has 0 unspecified atom stereocenters. The summed E-state index contributed by atoms with van der Waals surface area (Å²) in [6.07, 6.45) is 1.43. The monoisotopic (exact) mass is 255 g/mol. The van der Waals surface area contributed by atoms with E-state index in [1.54, 1.807) is 0 Å². The van der Waals surface area contributed by atoms with Crippen LogP contribution < -0.4 is 0 Å². The molecule has 0 radical (unpaired) electrons. The Morgan fingerprint density at radius 1 is 1.33 bits per heavy atom. The van der Waals surface area contributed by atoms with Crippen molar-refractivity contribution in [3.05, 3.63) is 11.3 Å². The van der Waals surface area contributed by atoms with Gasteiger partial charge in [-0.3, -0.25) is 14.6 Å². The zero-order valence-electron chi connectivity index (χ0n) is 9.50. The van der Waals surface area contributed by atoms with Crippen LogP contribution in [0.1, 0.15) is 25.7 Å². The second-order valence-electron chi connectivity index (χ2n) is 3.87. The van der Waals surface area contributed by atoms with E-state index in [1.165, 1.54) is 0 Å². The van der Waals surface area contributed by atoms with Crippen LogP contribution in [0.15, 0.2) is 16.3 Å². The van der Waals surface area contributed by atoms with Crippen molar-refractivity contribution in [3.63, 3.8) is 0 Å². The summed E-state index contributed by atoms with van der Waals surface area (Å²) < 4.78 is 0. The summed E-state index contributed by atoms with van der Waals surface area (Å²) in [5.41, 5.74) is -0.0297. The molecule has 0 aromatic carbocycles. The predicted molar refractivity (Wildman–Crippen MR) is 60.7 cm³/mol. The predicted octanol–water partition coefficient (Wildman–Crippen LogP) is 0.550. The van der Waals surface area contributed by atoms with E-state index in [0.29, 0.717) is 12.8 Å². The fourth-order valence-electron chi connectivity index (χ4n) is 1.53. The summed E-state index contributed by atoms with van der Waals surface area (Å²) in [6.45, 7) is 0. The fourth-order valence-corrected chi connectivity index (χ4v) is 1.53. The third-order valence-electron chi connectivity index (χ3n) is 2.47. The van der Waals surface area contributed by atoms with Crippen LogP contribution in [0, 0.1) is 0 Å². The number of nitrogens with zero attached hydrogens (tertiary/aromatic N) is 1. The number of rotatable bonds is 5. The maximum Gasteiger partial charge on any atom is 0.329 e. The Kier molecular flexibility index (Phi) is 4.59. The molecule has 0 bridgehead atoms. The lowest BCUT2D eigenvalue weighted by atomic mass is 9.97. The Labute approximate surface area is 102 Å². The van der Waals surface area contributed by atoms with Gasteiger partial charge < -0.3 is 15.3 Å². The highest BCUT2D eigenvalue weighted by Gasteiger charge is 2.22. The minimum atomic E-state index is -1.46. The van der Waals surface area contributed by atoms with Crippen molar-refractivity contribution < 1.29 is 29.7 Å². The first-order valence-electron chi connectivity index (χ1n) is 5.35. The van der Waals surface area contributed by atoms with E-state index in [-0.39, 0.29) is 23.5 Å².